The zero-order valence-electron chi connectivity index (χ0n) is 7.15. The first-order valence-corrected chi connectivity index (χ1v) is 3.52. The van der Waals surface area contributed by atoms with Gasteiger partial charge in [0.1, 0.15) is 0 Å². The van der Waals surface area contributed by atoms with E-state index in [4.69, 9.17) is 5.11 Å². The standard InChI is InChI=1S/C7H12N2O3/c1-5(2)4-9(12)8-6(3)7(10)11/h5H,3-4H2,1-2H3,(H,10,11)/i4+1. The molecule has 0 amide bonds. The number of carboxylic acid groups (broad SMARTS) is 1. The van der Waals surface area contributed by atoms with Gasteiger partial charge in [-0.3, -0.25) is 0 Å². The molecule has 0 saturated heterocycles. The van der Waals surface area contributed by atoms with E-state index in [0.717, 1.165) is 0 Å². The zero-order valence-corrected chi connectivity index (χ0v) is 7.15. The minimum absolute atomic E-state index is 0.146. The molecule has 12 heavy (non-hydrogen) atoms. The molecule has 0 aromatic carbocycles. The summed E-state index contributed by atoms with van der Waals surface area (Å²) in [5.74, 6) is -1.13. The van der Waals surface area contributed by atoms with Crippen LogP contribution < -0.4 is 0 Å². The van der Waals surface area contributed by atoms with E-state index in [1.54, 1.807) is 0 Å². The van der Waals surface area contributed by atoms with Crippen LogP contribution in [0.5, 0.6) is 0 Å². The highest BCUT2D eigenvalue weighted by Crippen LogP contribution is 1.97. The smallest absolute Gasteiger partial charge is 0.360 e. The maximum Gasteiger partial charge on any atom is 0.360 e. The summed E-state index contributed by atoms with van der Waals surface area (Å²) in [7, 11) is 0. The maximum absolute atomic E-state index is 10.8. The van der Waals surface area contributed by atoms with Gasteiger partial charge in [0.2, 0.25) is 5.70 Å². The van der Waals surface area contributed by atoms with Gasteiger partial charge in [-0.05, 0) is 0 Å². The Morgan fingerprint density at radius 3 is 2.58 bits per heavy atom. The maximum atomic E-state index is 10.8. The molecule has 0 aromatic heterocycles. The van der Waals surface area contributed by atoms with E-state index in [2.05, 4.69) is 11.7 Å². The number of carboxylic acids is 1. The second-order valence-electron chi connectivity index (χ2n) is 2.78. The summed E-state index contributed by atoms with van der Waals surface area (Å²) in [5.41, 5.74) is -0.439. The third-order valence-electron chi connectivity index (χ3n) is 1.00. The van der Waals surface area contributed by atoms with E-state index in [1.165, 1.54) is 0 Å². The highest BCUT2D eigenvalue weighted by atomic mass is 16.5. The van der Waals surface area contributed by atoms with E-state index in [1.807, 2.05) is 13.8 Å². The average molecular weight is 173 g/mol. The second kappa shape index (κ2) is 4.48. The lowest BCUT2D eigenvalue weighted by Crippen LogP contribution is -2.10. The molecule has 0 atom stereocenters. The fourth-order valence-corrected chi connectivity index (χ4v) is 0.531. The van der Waals surface area contributed by atoms with Crippen LogP contribution in [0.15, 0.2) is 17.4 Å². The summed E-state index contributed by atoms with van der Waals surface area (Å²) < 4.78 is 0. The summed E-state index contributed by atoms with van der Waals surface area (Å²) in [6, 6.07) is 0. The fraction of sp³-hybridized carbons (Fsp3) is 0.571. The van der Waals surface area contributed by atoms with Crippen molar-refractivity contribution in [1.82, 2.24) is 0 Å². The molecule has 0 aliphatic carbocycles. The Morgan fingerprint density at radius 2 is 2.25 bits per heavy atom. The van der Waals surface area contributed by atoms with Gasteiger partial charge in [-0.25, -0.2) is 4.79 Å². The Kier molecular flexibility index (Phi) is 3.96. The Morgan fingerprint density at radius 1 is 1.75 bits per heavy atom. The minimum Gasteiger partial charge on any atom is -0.600 e. The molecule has 0 aromatic rings. The van der Waals surface area contributed by atoms with Crippen molar-refractivity contribution >= 4 is 5.97 Å². The molecule has 5 heteroatoms. The molecule has 0 rings (SSSR count). The average Bonchev–Trinajstić information content (AvgIpc) is 1.84. The SMILES string of the molecule is C=C(N=[N+]([O-])[13CH2]C(C)C)C(=O)O. The van der Waals surface area contributed by atoms with Crippen LogP contribution in [0, 0.1) is 11.1 Å². The van der Waals surface area contributed by atoms with Crippen molar-refractivity contribution < 1.29 is 14.8 Å². The summed E-state index contributed by atoms with van der Waals surface area (Å²) in [5, 5.41) is 22.3. The monoisotopic (exact) mass is 173 g/mol. The highest BCUT2D eigenvalue weighted by Gasteiger charge is 2.07. The van der Waals surface area contributed by atoms with E-state index in [0.29, 0.717) is 4.86 Å². The number of aliphatic carboxylic acids is 1. The molecule has 0 aliphatic rings. The van der Waals surface area contributed by atoms with Gasteiger partial charge in [-0.1, -0.05) is 25.3 Å². The van der Waals surface area contributed by atoms with Gasteiger partial charge in [0.25, 0.3) is 0 Å². The molecular weight excluding hydrogens is 161 g/mol. The lowest BCUT2D eigenvalue weighted by atomic mass is 10.4. The van der Waals surface area contributed by atoms with Gasteiger partial charge in [-0.2, -0.15) is 0 Å². The van der Waals surface area contributed by atoms with Crippen LogP contribution >= 0.6 is 0 Å². The third-order valence-corrected chi connectivity index (χ3v) is 1.00. The van der Waals surface area contributed by atoms with Crippen LogP contribution in [-0.4, -0.2) is 22.5 Å². The molecule has 5 nitrogen and oxygen atoms in total. The largest absolute Gasteiger partial charge is 0.600 e. The predicted molar refractivity (Wildman–Crippen MR) is 42.5 cm³/mol. The molecule has 68 valence electrons. The van der Waals surface area contributed by atoms with Crippen molar-refractivity contribution in [1.29, 1.82) is 0 Å². The number of azo groups is 1. The van der Waals surface area contributed by atoms with Gasteiger partial charge in [-0.15, -0.1) is 0 Å². The molecule has 0 fully saturated rings. The Bertz CT molecular complexity index is 221. The van der Waals surface area contributed by atoms with Crippen LogP contribution in [0.25, 0.3) is 0 Å². The normalized spacial score (nSPS) is 11.8. The number of hydroxylamine groups is 1. The fourth-order valence-electron chi connectivity index (χ4n) is 0.531. The zero-order chi connectivity index (χ0) is 9.72. The second-order valence-corrected chi connectivity index (χ2v) is 2.78. The van der Waals surface area contributed by atoms with Gasteiger partial charge in [0.05, 0.1) is 0 Å². The number of rotatable bonds is 4. The number of hydrogen-bond donors (Lipinski definition) is 1. The van der Waals surface area contributed by atoms with Crippen molar-refractivity contribution in [3.63, 3.8) is 0 Å². The Hall–Kier alpha value is -1.39. The lowest BCUT2D eigenvalue weighted by molar-refractivity contribution is -0.532. The summed E-state index contributed by atoms with van der Waals surface area (Å²) in [6.45, 7) is 6.94. The van der Waals surface area contributed by atoms with Crippen molar-refractivity contribution in [2.75, 3.05) is 6.54 Å². The van der Waals surface area contributed by atoms with Crippen LogP contribution in [0.1, 0.15) is 13.8 Å². The van der Waals surface area contributed by atoms with Crippen molar-refractivity contribution in [3.05, 3.63) is 17.5 Å². The van der Waals surface area contributed by atoms with Crippen molar-refractivity contribution in [2.24, 2.45) is 11.0 Å². The van der Waals surface area contributed by atoms with Crippen molar-refractivity contribution in [3.8, 4) is 0 Å². The first-order chi connectivity index (χ1) is 5.43. The highest BCUT2D eigenvalue weighted by molar-refractivity contribution is 5.84. The first kappa shape index (κ1) is 10.6. The van der Waals surface area contributed by atoms with Crippen LogP contribution in [-0.2, 0) is 4.79 Å². The molecule has 0 spiro atoms. The predicted octanol–water partition coefficient (Wildman–Crippen LogP) is 1.20. The van der Waals surface area contributed by atoms with Crippen LogP contribution in [0.4, 0.5) is 0 Å². The van der Waals surface area contributed by atoms with E-state index < -0.39 is 11.7 Å². The summed E-state index contributed by atoms with van der Waals surface area (Å²) >= 11 is 0. The molecule has 0 unspecified atom stereocenters. The van der Waals surface area contributed by atoms with Gasteiger partial charge in [0.15, 0.2) is 6.54 Å². The molecule has 0 saturated carbocycles. The molecule has 0 heterocycles. The van der Waals surface area contributed by atoms with E-state index >= 15 is 0 Å². The number of carbonyl (C=O) groups is 1. The summed E-state index contributed by atoms with van der Waals surface area (Å²) in [4.78, 5) is 10.5. The molecule has 0 radical (unpaired) electrons. The minimum atomic E-state index is -1.28. The number of hydrogen-bond acceptors (Lipinski definition) is 3. The van der Waals surface area contributed by atoms with Crippen LogP contribution in [0.3, 0.4) is 0 Å². The Labute approximate surface area is 70.6 Å². The van der Waals surface area contributed by atoms with E-state index in [-0.39, 0.29) is 12.5 Å². The third kappa shape index (κ3) is 4.43. The van der Waals surface area contributed by atoms with Crippen molar-refractivity contribution in [2.45, 2.75) is 13.8 Å². The molecule has 0 aliphatic heterocycles. The van der Waals surface area contributed by atoms with Gasteiger partial charge >= 0.3 is 5.97 Å². The Balaban J connectivity index is 4.16. The van der Waals surface area contributed by atoms with Crippen LogP contribution in [0.2, 0.25) is 0 Å². The van der Waals surface area contributed by atoms with Gasteiger partial charge in [0, 0.05) is 11.0 Å². The van der Waals surface area contributed by atoms with Gasteiger partial charge < -0.3 is 10.3 Å². The molecule has 1 N–H and O–H groups in total. The quantitative estimate of drug-likeness (QED) is 0.228. The first-order valence-electron chi connectivity index (χ1n) is 3.52. The topological polar surface area (TPSA) is 75.7 Å². The van der Waals surface area contributed by atoms with E-state index in [9.17, 15) is 10.0 Å². The number of nitrogens with zero attached hydrogens (tertiary/aromatic N) is 2. The molecular formula is C7H12N2O3. The summed E-state index contributed by atoms with van der Waals surface area (Å²) in [6.07, 6.45) is 0. The molecule has 0 bridgehead atoms. The lowest BCUT2D eigenvalue weighted by Gasteiger charge is -2.02.